The number of nitrogens with one attached hydrogen (secondary N) is 1. The number of rotatable bonds is 3. The summed E-state index contributed by atoms with van der Waals surface area (Å²) in [5, 5.41) is 11.3. The Morgan fingerprint density at radius 1 is 1.18 bits per heavy atom. The van der Waals surface area contributed by atoms with Gasteiger partial charge in [-0.05, 0) is 67.4 Å². The number of imidazole rings is 1. The number of hydrogen-bond donors (Lipinski definition) is 2. The van der Waals surface area contributed by atoms with Gasteiger partial charge in [0.2, 0.25) is 5.95 Å². The van der Waals surface area contributed by atoms with Gasteiger partial charge >= 0.3 is 5.91 Å². The molecule has 2 aliphatic heterocycles. The number of anilines is 1. The van der Waals surface area contributed by atoms with Crippen molar-refractivity contribution in [3.05, 3.63) is 82.8 Å². The van der Waals surface area contributed by atoms with Crippen LogP contribution in [0.25, 0.3) is 16.8 Å². The molecular formula is C26H21N3O5. The monoisotopic (exact) mass is 455 g/mol. The number of fused-ring (bicyclic) bond motifs is 2. The summed E-state index contributed by atoms with van der Waals surface area (Å²) in [5.41, 5.74) is 3.75. The SMILES string of the molecule is Cc1ccc2nc(N3C(=O)C(=O)/C(=C(/O)c4ccc5c(c4)CC(C)O5)C3c3ccco3)[nH]c2c1. The van der Waals surface area contributed by atoms with E-state index in [9.17, 15) is 14.7 Å². The summed E-state index contributed by atoms with van der Waals surface area (Å²) in [6.45, 7) is 3.92. The first-order chi connectivity index (χ1) is 16.4. The minimum Gasteiger partial charge on any atom is -0.507 e. The number of aliphatic hydroxyl groups is 1. The number of aromatic nitrogens is 2. The third-order valence-corrected chi connectivity index (χ3v) is 6.28. The van der Waals surface area contributed by atoms with E-state index in [0.717, 1.165) is 22.4 Å². The molecule has 2 atom stereocenters. The molecule has 2 N–H and O–H groups in total. The molecular weight excluding hydrogens is 434 g/mol. The van der Waals surface area contributed by atoms with E-state index in [4.69, 9.17) is 9.15 Å². The average Bonchev–Trinajstić information content (AvgIpc) is 3.58. The number of carbonyl (C=O) groups is 2. The Hall–Kier alpha value is -4.33. The van der Waals surface area contributed by atoms with Gasteiger partial charge in [0.05, 0.1) is 22.9 Å². The fourth-order valence-corrected chi connectivity index (χ4v) is 4.72. The van der Waals surface area contributed by atoms with Gasteiger partial charge in [-0.15, -0.1) is 0 Å². The molecule has 2 aromatic heterocycles. The second-order valence-corrected chi connectivity index (χ2v) is 8.72. The van der Waals surface area contributed by atoms with Crippen molar-refractivity contribution in [2.45, 2.75) is 32.4 Å². The van der Waals surface area contributed by atoms with Gasteiger partial charge in [-0.2, -0.15) is 0 Å². The molecule has 0 bridgehead atoms. The van der Waals surface area contributed by atoms with E-state index < -0.39 is 17.7 Å². The quantitative estimate of drug-likeness (QED) is 0.269. The van der Waals surface area contributed by atoms with Gasteiger partial charge < -0.3 is 19.2 Å². The van der Waals surface area contributed by atoms with Gasteiger partial charge in [0.15, 0.2) is 0 Å². The van der Waals surface area contributed by atoms with Crippen molar-refractivity contribution in [2.75, 3.05) is 4.90 Å². The number of ether oxygens (including phenoxy) is 1. The van der Waals surface area contributed by atoms with Crippen LogP contribution in [0.5, 0.6) is 5.75 Å². The first-order valence-electron chi connectivity index (χ1n) is 11.0. The lowest BCUT2D eigenvalue weighted by Crippen LogP contribution is -2.30. The standard InChI is InChI=1S/C26H21N3O5/c1-13-5-7-17-18(10-13)28-26(27-17)29-22(20-4-3-9-33-20)21(24(31)25(29)32)23(30)15-6-8-19-16(12-15)11-14(2)34-19/h3-10,12,14,22,30H,11H2,1-2H3,(H,27,28)/b23-21+. The molecule has 0 radical (unpaired) electrons. The normalized spacial score (nSPS) is 21.3. The maximum atomic E-state index is 13.2. The molecule has 8 heteroatoms. The molecule has 6 rings (SSSR count). The predicted octanol–water partition coefficient (Wildman–Crippen LogP) is 4.41. The Morgan fingerprint density at radius 3 is 2.82 bits per heavy atom. The third-order valence-electron chi connectivity index (χ3n) is 6.28. The van der Waals surface area contributed by atoms with E-state index >= 15 is 0 Å². The predicted molar refractivity (Wildman–Crippen MR) is 125 cm³/mol. The van der Waals surface area contributed by atoms with E-state index in [2.05, 4.69) is 9.97 Å². The summed E-state index contributed by atoms with van der Waals surface area (Å²) >= 11 is 0. The summed E-state index contributed by atoms with van der Waals surface area (Å²) in [4.78, 5) is 35.4. The lowest BCUT2D eigenvalue weighted by atomic mass is 9.97. The number of H-pyrrole nitrogens is 1. The molecule has 170 valence electrons. The minimum absolute atomic E-state index is 0.0396. The van der Waals surface area contributed by atoms with E-state index in [1.54, 1.807) is 30.3 Å². The van der Waals surface area contributed by atoms with Crippen LogP contribution in [-0.2, 0) is 16.0 Å². The van der Waals surface area contributed by atoms with Crippen LogP contribution in [0.15, 0.2) is 64.8 Å². The van der Waals surface area contributed by atoms with Crippen LogP contribution in [0, 0.1) is 6.92 Å². The van der Waals surface area contributed by atoms with Crippen LogP contribution in [0.4, 0.5) is 5.95 Å². The smallest absolute Gasteiger partial charge is 0.302 e. The zero-order chi connectivity index (χ0) is 23.6. The largest absolute Gasteiger partial charge is 0.507 e. The second kappa shape index (κ2) is 7.34. The molecule has 0 spiro atoms. The topological polar surface area (TPSA) is 109 Å². The van der Waals surface area contributed by atoms with Gasteiger partial charge in [0.25, 0.3) is 5.78 Å². The van der Waals surface area contributed by atoms with Gasteiger partial charge in [-0.3, -0.25) is 14.5 Å². The van der Waals surface area contributed by atoms with E-state index in [1.807, 2.05) is 32.0 Å². The molecule has 4 heterocycles. The lowest BCUT2D eigenvalue weighted by Gasteiger charge is -2.20. The Labute approximate surface area is 194 Å². The van der Waals surface area contributed by atoms with Crippen molar-refractivity contribution < 1.29 is 23.8 Å². The minimum atomic E-state index is -0.972. The number of aryl methyl sites for hydroxylation is 1. The van der Waals surface area contributed by atoms with Gasteiger partial charge in [0, 0.05) is 12.0 Å². The summed E-state index contributed by atoms with van der Waals surface area (Å²) in [6.07, 6.45) is 2.20. The Kier molecular flexibility index (Phi) is 4.38. The highest BCUT2D eigenvalue weighted by molar-refractivity contribution is 6.51. The molecule has 34 heavy (non-hydrogen) atoms. The van der Waals surface area contributed by atoms with Crippen LogP contribution in [-0.4, -0.2) is 32.9 Å². The van der Waals surface area contributed by atoms with Crippen LogP contribution < -0.4 is 9.64 Å². The molecule has 0 aliphatic carbocycles. The molecule has 8 nitrogen and oxygen atoms in total. The van der Waals surface area contributed by atoms with Crippen molar-refractivity contribution in [2.24, 2.45) is 0 Å². The fraction of sp³-hybridized carbons (Fsp3) is 0.192. The number of nitrogens with zero attached hydrogens (tertiary/aromatic N) is 2. The zero-order valence-corrected chi connectivity index (χ0v) is 18.5. The highest BCUT2D eigenvalue weighted by atomic mass is 16.5. The van der Waals surface area contributed by atoms with Crippen molar-refractivity contribution in [3.63, 3.8) is 0 Å². The number of ketones is 1. The van der Waals surface area contributed by atoms with Gasteiger partial charge in [-0.25, -0.2) is 4.98 Å². The van der Waals surface area contributed by atoms with Crippen LogP contribution in [0.1, 0.15) is 35.4 Å². The number of aromatic amines is 1. The maximum Gasteiger partial charge on any atom is 0.302 e. The fourth-order valence-electron chi connectivity index (χ4n) is 4.72. The van der Waals surface area contributed by atoms with E-state index in [-0.39, 0.29) is 23.4 Å². The molecule has 1 amide bonds. The van der Waals surface area contributed by atoms with Gasteiger partial charge in [-0.1, -0.05) is 6.07 Å². The number of furan rings is 1. The highest BCUT2D eigenvalue weighted by Gasteiger charge is 2.49. The molecule has 2 aromatic carbocycles. The van der Waals surface area contributed by atoms with Crippen LogP contribution in [0.3, 0.4) is 0 Å². The summed E-state index contributed by atoms with van der Waals surface area (Å²) in [5.74, 6) is -0.562. The van der Waals surface area contributed by atoms with Crippen LogP contribution in [0.2, 0.25) is 0 Å². The molecule has 0 saturated carbocycles. The first-order valence-corrected chi connectivity index (χ1v) is 11.0. The number of hydrogen-bond acceptors (Lipinski definition) is 6. The van der Waals surface area contributed by atoms with E-state index in [1.165, 1.54) is 11.2 Å². The first kappa shape index (κ1) is 20.3. The summed E-state index contributed by atoms with van der Waals surface area (Å²) in [6, 6.07) is 13.3. The Bertz CT molecular complexity index is 1500. The number of aliphatic hydroxyl groups excluding tert-OH is 1. The maximum absolute atomic E-state index is 13.2. The van der Waals surface area contributed by atoms with Crippen molar-refractivity contribution in [1.82, 2.24) is 9.97 Å². The van der Waals surface area contributed by atoms with Crippen molar-refractivity contribution >= 4 is 34.4 Å². The zero-order valence-electron chi connectivity index (χ0n) is 18.5. The summed E-state index contributed by atoms with van der Waals surface area (Å²) < 4.78 is 11.4. The van der Waals surface area contributed by atoms with E-state index in [0.29, 0.717) is 23.3 Å². The molecule has 1 saturated heterocycles. The highest BCUT2D eigenvalue weighted by Crippen LogP contribution is 2.42. The van der Waals surface area contributed by atoms with Crippen molar-refractivity contribution in [3.8, 4) is 5.75 Å². The second-order valence-electron chi connectivity index (χ2n) is 8.72. The van der Waals surface area contributed by atoms with Crippen LogP contribution >= 0.6 is 0 Å². The lowest BCUT2D eigenvalue weighted by molar-refractivity contribution is -0.132. The van der Waals surface area contributed by atoms with Crippen molar-refractivity contribution in [1.29, 1.82) is 0 Å². The Balaban J connectivity index is 1.51. The Morgan fingerprint density at radius 2 is 2.03 bits per heavy atom. The van der Waals surface area contributed by atoms with Gasteiger partial charge in [0.1, 0.15) is 29.4 Å². The molecule has 1 fully saturated rings. The molecule has 4 aromatic rings. The number of benzene rings is 2. The average molecular weight is 455 g/mol. The molecule has 2 aliphatic rings. The molecule has 2 unspecified atom stereocenters. The summed E-state index contributed by atoms with van der Waals surface area (Å²) in [7, 11) is 0. The number of amides is 1. The third kappa shape index (κ3) is 3.02. The number of carbonyl (C=O) groups excluding carboxylic acids is 2. The number of Topliss-reactive ketones (excluding diaryl/α,β-unsaturated/α-hetero) is 1.